The Kier molecular flexibility index (Phi) is 3.09. The minimum absolute atomic E-state index is 0.640. The predicted octanol–water partition coefficient (Wildman–Crippen LogP) is 1.30. The van der Waals surface area contributed by atoms with E-state index in [0.717, 1.165) is 0 Å². The van der Waals surface area contributed by atoms with E-state index in [1.54, 1.807) is 0 Å². The molecule has 0 radical (unpaired) electrons. The van der Waals surface area contributed by atoms with Crippen LogP contribution in [-0.4, -0.2) is 48.5 Å². The van der Waals surface area contributed by atoms with Gasteiger partial charge in [-0.3, -0.25) is 0 Å². The van der Waals surface area contributed by atoms with Crippen molar-refractivity contribution in [3.8, 4) is 0 Å². The fraction of sp³-hybridized carbons (Fsp3) is 1.00. The highest BCUT2D eigenvalue weighted by Crippen LogP contribution is 2.16. The lowest BCUT2D eigenvalue weighted by atomic mass is 10.4. The quantitative estimate of drug-likeness (QED) is 0.594. The molecule has 68 valence electrons. The van der Waals surface area contributed by atoms with Crippen molar-refractivity contribution in [1.29, 1.82) is 0 Å². The van der Waals surface area contributed by atoms with Gasteiger partial charge in [0.05, 0.1) is 0 Å². The summed E-state index contributed by atoms with van der Waals surface area (Å²) in [5, 5.41) is 0. The fourth-order valence-corrected chi connectivity index (χ4v) is 5.15. The van der Waals surface area contributed by atoms with Crippen LogP contribution < -0.4 is 0 Å². The number of hydrogen-bond acceptors (Lipinski definition) is 2. The molecule has 0 spiro atoms. The second kappa shape index (κ2) is 4.11. The molecule has 2 fully saturated rings. The Hall–Kier alpha value is 0.452. The van der Waals surface area contributed by atoms with E-state index in [2.05, 4.69) is 13.6 Å². The molecule has 2 saturated heterocycles. The largest absolute Gasteiger partial charge is 0.484 e. The monoisotopic (exact) mass is 182 g/mol. The van der Waals surface area contributed by atoms with Crippen LogP contribution in [-0.2, 0) is 0 Å². The van der Waals surface area contributed by atoms with Gasteiger partial charge in [-0.25, -0.2) is 0 Å². The Morgan fingerprint density at radius 1 is 0.750 bits per heavy atom. The van der Waals surface area contributed by atoms with E-state index >= 15 is 0 Å². The SMILES string of the molecule is [CH3][Al]([N]1CCCC1)[N]1CCCC1. The average Bonchev–Trinajstić information content (AvgIpc) is 2.77. The van der Waals surface area contributed by atoms with Gasteiger partial charge in [0.25, 0.3) is 0 Å². The van der Waals surface area contributed by atoms with E-state index in [4.69, 9.17) is 0 Å². The Labute approximate surface area is 80.4 Å². The third-order valence-corrected chi connectivity index (χ3v) is 6.48. The van der Waals surface area contributed by atoms with Crippen LogP contribution in [0.2, 0.25) is 5.79 Å². The zero-order valence-corrected chi connectivity index (χ0v) is 9.28. The maximum Gasteiger partial charge on any atom is 0.484 e. The highest BCUT2D eigenvalue weighted by atomic mass is 27.2. The van der Waals surface area contributed by atoms with Gasteiger partial charge in [0, 0.05) is 0 Å². The summed E-state index contributed by atoms with van der Waals surface area (Å²) in [5.41, 5.74) is 0. The molecule has 0 bridgehead atoms. The van der Waals surface area contributed by atoms with E-state index in [0.29, 0.717) is 0 Å². The molecule has 0 aromatic rings. The van der Waals surface area contributed by atoms with Crippen molar-refractivity contribution in [2.24, 2.45) is 0 Å². The molecule has 2 rings (SSSR count). The van der Waals surface area contributed by atoms with Crippen molar-refractivity contribution >= 4 is 14.6 Å². The van der Waals surface area contributed by atoms with Gasteiger partial charge in [-0.05, 0) is 51.9 Å². The Balaban J connectivity index is 1.84. The first-order valence-corrected chi connectivity index (χ1v) is 7.55. The Morgan fingerprint density at radius 2 is 1.08 bits per heavy atom. The van der Waals surface area contributed by atoms with Crippen molar-refractivity contribution < 1.29 is 0 Å². The van der Waals surface area contributed by atoms with Crippen molar-refractivity contribution in [3.63, 3.8) is 0 Å². The first-order chi connectivity index (χ1) is 5.88. The van der Waals surface area contributed by atoms with Crippen LogP contribution in [0.5, 0.6) is 0 Å². The molecule has 0 amide bonds. The normalized spacial score (nSPS) is 26.8. The Morgan fingerprint density at radius 3 is 1.42 bits per heavy atom. The first-order valence-electron chi connectivity index (χ1n) is 5.36. The van der Waals surface area contributed by atoms with E-state index in [-0.39, 0.29) is 0 Å². The first kappa shape index (κ1) is 9.03. The predicted molar refractivity (Wildman–Crippen MR) is 53.2 cm³/mol. The Bertz CT molecular complexity index is 123. The minimum atomic E-state index is -0.640. The van der Waals surface area contributed by atoms with Crippen LogP contribution in [0.1, 0.15) is 25.7 Å². The maximum atomic E-state index is 2.77. The average molecular weight is 182 g/mol. The number of rotatable bonds is 2. The van der Waals surface area contributed by atoms with E-state index in [9.17, 15) is 0 Å². The summed E-state index contributed by atoms with van der Waals surface area (Å²) in [7, 11) is 0. The second-order valence-corrected chi connectivity index (χ2v) is 6.84. The highest BCUT2D eigenvalue weighted by molar-refractivity contribution is 6.51. The van der Waals surface area contributed by atoms with Crippen LogP contribution in [0.15, 0.2) is 0 Å². The van der Waals surface area contributed by atoms with E-state index in [1.165, 1.54) is 51.9 Å². The van der Waals surface area contributed by atoms with Gasteiger partial charge >= 0.3 is 14.6 Å². The molecule has 0 atom stereocenters. The molecule has 2 heterocycles. The standard InChI is InChI=1S/2C4H8N.CH3.Al/c2*1-2-4-5-3-1;;/h2*1-4H2;1H3;/q2*-1;;+2. The third-order valence-electron chi connectivity index (χ3n) is 3.34. The fourth-order valence-electron chi connectivity index (χ4n) is 2.46. The minimum Gasteiger partial charge on any atom is -0.371 e. The van der Waals surface area contributed by atoms with Gasteiger partial charge in [-0.15, -0.1) is 0 Å². The van der Waals surface area contributed by atoms with Crippen LogP contribution in [0.25, 0.3) is 0 Å². The van der Waals surface area contributed by atoms with Gasteiger partial charge in [0.1, 0.15) is 0 Å². The smallest absolute Gasteiger partial charge is 0.371 e. The third kappa shape index (κ3) is 1.85. The highest BCUT2D eigenvalue weighted by Gasteiger charge is 2.32. The summed E-state index contributed by atoms with van der Waals surface area (Å²) in [5.74, 6) is 2.51. The van der Waals surface area contributed by atoms with Crippen LogP contribution in [0, 0.1) is 0 Å². The molecule has 0 saturated carbocycles. The zero-order valence-electron chi connectivity index (χ0n) is 8.13. The molecule has 12 heavy (non-hydrogen) atoms. The summed E-state index contributed by atoms with van der Waals surface area (Å²) < 4.78 is 5.54. The molecule has 0 N–H and O–H groups in total. The lowest BCUT2D eigenvalue weighted by Gasteiger charge is -2.27. The van der Waals surface area contributed by atoms with Crippen molar-refractivity contribution in [2.75, 3.05) is 26.2 Å². The molecular weight excluding hydrogens is 163 g/mol. The van der Waals surface area contributed by atoms with Crippen molar-refractivity contribution in [1.82, 2.24) is 7.77 Å². The van der Waals surface area contributed by atoms with Gasteiger partial charge < -0.3 is 7.77 Å². The summed E-state index contributed by atoms with van der Waals surface area (Å²) >= 11 is -0.640. The van der Waals surface area contributed by atoms with Crippen LogP contribution in [0.3, 0.4) is 0 Å². The molecule has 2 aliphatic rings. The molecule has 2 nitrogen and oxygen atoms in total. The molecule has 0 aromatic heterocycles. The molecule has 0 aromatic carbocycles. The molecule has 0 aliphatic carbocycles. The van der Waals surface area contributed by atoms with Gasteiger partial charge in [-0.2, -0.15) is 0 Å². The number of hydrogen-bond donors (Lipinski definition) is 0. The molecular formula is C9H19AlN2. The van der Waals surface area contributed by atoms with Crippen LogP contribution >= 0.6 is 0 Å². The second-order valence-electron chi connectivity index (χ2n) is 4.12. The number of nitrogens with zero attached hydrogens (tertiary/aromatic N) is 2. The lowest BCUT2D eigenvalue weighted by Crippen LogP contribution is -2.48. The van der Waals surface area contributed by atoms with Crippen molar-refractivity contribution in [3.05, 3.63) is 0 Å². The molecule has 2 aliphatic heterocycles. The zero-order chi connectivity index (χ0) is 8.39. The van der Waals surface area contributed by atoms with E-state index in [1.807, 2.05) is 0 Å². The van der Waals surface area contributed by atoms with Crippen molar-refractivity contribution in [2.45, 2.75) is 31.5 Å². The topological polar surface area (TPSA) is 6.48 Å². The summed E-state index contributed by atoms with van der Waals surface area (Å²) in [4.78, 5) is 0. The van der Waals surface area contributed by atoms with Gasteiger partial charge in [0.15, 0.2) is 0 Å². The van der Waals surface area contributed by atoms with E-state index < -0.39 is 14.6 Å². The lowest BCUT2D eigenvalue weighted by molar-refractivity contribution is 0.430. The van der Waals surface area contributed by atoms with Gasteiger partial charge in [-0.1, -0.05) is 5.79 Å². The van der Waals surface area contributed by atoms with Gasteiger partial charge in [0.2, 0.25) is 0 Å². The summed E-state index contributed by atoms with van der Waals surface area (Å²) in [6.07, 6.45) is 5.80. The molecule has 0 unspecified atom stereocenters. The maximum absolute atomic E-state index is 2.77. The molecule has 3 heteroatoms. The summed E-state index contributed by atoms with van der Waals surface area (Å²) in [6, 6.07) is 0. The summed E-state index contributed by atoms with van der Waals surface area (Å²) in [6.45, 7) is 5.57. The van der Waals surface area contributed by atoms with Crippen LogP contribution in [0.4, 0.5) is 0 Å².